The number of hydrogen-bond donors (Lipinski definition) is 1. The van der Waals surface area contributed by atoms with E-state index in [1.165, 1.54) is 4.90 Å². The molecule has 1 amide bonds. The zero-order valence-electron chi connectivity index (χ0n) is 10.8. The third kappa shape index (κ3) is 4.57. The highest BCUT2D eigenvalue weighted by atomic mass is 16.5. The molecule has 1 aromatic rings. The van der Waals surface area contributed by atoms with Crippen molar-refractivity contribution in [1.29, 1.82) is 0 Å². The van der Waals surface area contributed by atoms with E-state index in [0.717, 1.165) is 0 Å². The summed E-state index contributed by atoms with van der Waals surface area (Å²) in [6.07, 6.45) is 0.224. The molecule has 0 aliphatic rings. The third-order valence-electron chi connectivity index (χ3n) is 2.55. The van der Waals surface area contributed by atoms with Crippen LogP contribution in [-0.2, 0) is 16.1 Å². The number of nitrogens with zero attached hydrogens (tertiary/aromatic N) is 2. The van der Waals surface area contributed by atoms with Gasteiger partial charge in [-0.05, 0) is 12.8 Å². The first kappa shape index (κ1) is 14.2. The minimum Gasteiger partial charge on any atom is -0.481 e. The molecule has 1 aromatic heterocycles. The van der Waals surface area contributed by atoms with Gasteiger partial charge >= 0.3 is 5.97 Å². The number of aromatic nitrogens is 1. The topological polar surface area (TPSA) is 83.6 Å². The lowest BCUT2D eigenvalue weighted by atomic mass is 10.0. The SMILES string of the molecule is Cc1cc(CN(C)C(=O)CC(C)CC(=O)O)no1. The van der Waals surface area contributed by atoms with Crippen molar-refractivity contribution in [2.45, 2.75) is 33.2 Å². The maximum Gasteiger partial charge on any atom is 0.303 e. The predicted octanol–water partition coefficient (Wildman–Crippen LogP) is 1.44. The van der Waals surface area contributed by atoms with Gasteiger partial charge in [-0.25, -0.2) is 0 Å². The highest BCUT2D eigenvalue weighted by molar-refractivity contribution is 5.77. The Bertz CT molecular complexity index is 427. The van der Waals surface area contributed by atoms with Gasteiger partial charge in [-0.15, -0.1) is 0 Å². The number of aryl methyl sites for hydroxylation is 1. The van der Waals surface area contributed by atoms with Crippen molar-refractivity contribution in [3.8, 4) is 0 Å². The first-order chi connectivity index (χ1) is 8.38. The lowest BCUT2D eigenvalue weighted by Crippen LogP contribution is -2.28. The van der Waals surface area contributed by atoms with E-state index in [-0.39, 0.29) is 24.7 Å². The molecule has 0 bridgehead atoms. The van der Waals surface area contributed by atoms with E-state index in [1.54, 1.807) is 27.0 Å². The highest BCUT2D eigenvalue weighted by Gasteiger charge is 2.16. The zero-order valence-corrected chi connectivity index (χ0v) is 10.8. The molecule has 0 saturated heterocycles. The van der Waals surface area contributed by atoms with E-state index in [0.29, 0.717) is 18.0 Å². The van der Waals surface area contributed by atoms with Crippen molar-refractivity contribution in [3.63, 3.8) is 0 Å². The Kier molecular flexibility index (Phi) is 4.88. The molecule has 0 radical (unpaired) electrons. The van der Waals surface area contributed by atoms with Crippen molar-refractivity contribution in [2.24, 2.45) is 5.92 Å². The Morgan fingerprint density at radius 3 is 2.67 bits per heavy atom. The summed E-state index contributed by atoms with van der Waals surface area (Å²) in [5, 5.41) is 12.4. The monoisotopic (exact) mass is 254 g/mol. The standard InChI is InChI=1S/C12H18N2O4/c1-8(5-12(16)17)4-11(15)14(3)7-10-6-9(2)18-13-10/h6,8H,4-5,7H2,1-3H3,(H,16,17). The van der Waals surface area contributed by atoms with Crippen LogP contribution in [0.3, 0.4) is 0 Å². The van der Waals surface area contributed by atoms with Crippen LogP contribution in [0.15, 0.2) is 10.6 Å². The van der Waals surface area contributed by atoms with Gasteiger partial charge in [0.05, 0.1) is 6.54 Å². The molecule has 0 aliphatic carbocycles. The fraction of sp³-hybridized carbons (Fsp3) is 0.583. The zero-order chi connectivity index (χ0) is 13.7. The third-order valence-corrected chi connectivity index (χ3v) is 2.55. The average Bonchev–Trinajstić information content (AvgIpc) is 2.62. The maximum atomic E-state index is 11.8. The van der Waals surface area contributed by atoms with Gasteiger partial charge in [-0.2, -0.15) is 0 Å². The van der Waals surface area contributed by atoms with Crippen LogP contribution in [0.2, 0.25) is 0 Å². The summed E-state index contributed by atoms with van der Waals surface area (Å²) >= 11 is 0. The second-order valence-electron chi connectivity index (χ2n) is 4.59. The van der Waals surface area contributed by atoms with Gasteiger partial charge in [0, 0.05) is 26.0 Å². The molecule has 6 heteroatoms. The lowest BCUT2D eigenvalue weighted by Gasteiger charge is -2.17. The maximum absolute atomic E-state index is 11.8. The first-order valence-electron chi connectivity index (χ1n) is 5.76. The van der Waals surface area contributed by atoms with Gasteiger partial charge in [0.1, 0.15) is 11.5 Å². The Hall–Kier alpha value is -1.85. The second-order valence-corrected chi connectivity index (χ2v) is 4.59. The molecule has 100 valence electrons. The molecule has 1 unspecified atom stereocenters. The van der Waals surface area contributed by atoms with Gasteiger partial charge in [-0.3, -0.25) is 9.59 Å². The summed E-state index contributed by atoms with van der Waals surface area (Å²) < 4.78 is 4.91. The predicted molar refractivity (Wildman–Crippen MR) is 63.7 cm³/mol. The number of carboxylic acid groups (broad SMARTS) is 1. The van der Waals surface area contributed by atoms with Gasteiger partial charge in [0.2, 0.25) is 5.91 Å². The van der Waals surface area contributed by atoms with Gasteiger partial charge in [0.25, 0.3) is 0 Å². The van der Waals surface area contributed by atoms with Gasteiger partial charge in [0.15, 0.2) is 0 Å². The summed E-state index contributed by atoms with van der Waals surface area (Å²) in [5.74, 6) is -0.448. The van der Waals surface area contributed by atoms with Crippen LogP contribution in [0.5, 0.6) is 0 Å². The Labute approximate surface area is 106 Å². The molecule has 0 aliphatic heterocycles. The van der Waals surface area contributed by atoms with Crippen LogP contribution < -0.4 is 0 Å². The Morgan fingerprint density at radius 1 is 1.50 bits per heavy atom. The molecule has 0 aromatic carbocycles. The van der Waals surface area contributed by atoms with E-state index in [2.05, 4.69) is 5.16 Å². The molecule has 0 saturated carbocycles. The summed E-state index contributed by atoms with van der Waals surface area (Å²) in [5.41, 5.74) is 0.689. The number of aliphatic carboxylic acids is 1. The average molecular weight is 254 g/mol. The number of rotatable bonds is 6. The molecule has 1 atom stereocenters. The fourth-order valence-electron chi connectivity index (χ4n) is 1.65. The van der Waals surface area contributed by atoms with E-state index in [4.69, 9.17) is 9.63 Å². The molecule has 0 fully saturated rings. The van der Waals surface area contributed by atoms with Crippen LogP contribution in [0, 0.1) is 12.8 Å². The van der Waals surface area contributed by atoms with Crippen molar-refractivity contribution in [3.05, 3.63) is 17.5 Å². The van der Waals surface area contributed by atoms with Crippen LogP contribution in [0.25, 0.3) is 0 Å². The smallest absolute Gasteiger partial charge is 0.303 e. The van der Waals surface area contributed by atoms with E-state index in [9.17, 15) is 9.59 Å². The largest absolute Gasteiger partial charge is 0.481 e. The van der Waals surface area contributed by atoms with E-state index < -0.39 is 5.97 Å². The summed E-state index contributed by atoms with van der Waals surface area (Å²) in [6.45, 7) is 3.91. The normalized spacial score (nSPS) is 12.2. The molecule has 1 N–H and O–H groups in total. The van der Waals surface area contributed by atoms with E-state index in [1.807, 2.05) is 0 Å². The lowest BCUT2D eigenvalue weighted by molar-refractivity contribution is -0.138. The minimum absolute atomic E-state index is 0.00263. The van der Waals surface area contributed by atoms with Crippen molar-refractivity contribution < 1.29 is 19.2 Å². The van der Waals surface area contributed by atoms with Crippen LogP contribution >= 0.6 is 0 Å². The number of carbonyl (C=O) groups excluding carboxylic acids is 1. The van der Waals surface area contributed by atoms with Crippen LogP contribution in [0.1, 0.15) is 31.2 Å². The number of amides is 1. The van der Waals surface area contributed by atoms with Gasteiger partial charge < -0.3 is 14.5 Å². The summed E-state index contributed by atoms with van der Waals surface area (Å²) in [7, 11) is 1.67. The molecular formula is C12H18N2O4. The van der Waals surface area contributed by atoms with Crippen LogP contribution in [-0.4, -0.2) is 34.1 Å². The number of carboxylic acids is 1. The summed E-state index contributed by atoms with van der Waals surface area (Å²) in [4.78, 5) is 23.9. The molecule has 18 heavy (non-hydrogen) atoms. The number of hydrogen-bond acceptors (Lipinski definition) is 4. The highest BCUT2D eigenvalue weighted by Crippen LogP contribution is 2.11. The Balaban J connectivity index is 2.44. The number of carbonyl (C=O) groups is 2. The minimum atomic E-state index is -0.884. The molecule has 1 rings (SSSR count). The van der Waals surface area contributed by atoms with Crippen molar-refractivity contribution in [2.75, 3.05) is 7.05 Å². The molecule has 0 spiro atoms. The van der Waals surface area contributed by atoms with Gasteiger partial charge in [-0.1, -0.05) is 12.1 Å². The van der Waals surface area contributed by atoms with Crippen molar-refractivity contribution in [1.82, 2.24) is 10.1 Å². The van der Waals surface area contributed by atoms with E-state index >= 15 is 0 Å². The Morgan fingerprint density at radius 2 is 2.17 bits per heavy atom. The molecular weight excluding hydrogens is 236 g/mol. The first-order valence-corrected chi connectivity index (χ1v) is 5.76. The summed E-state index contributed by atoms with van der Waals surface area (Å²) in [6, 6.07) is 1.77. The molecule has 1 heterocycles. The fourth-order valence-corrected chi connectivity index (χ4v) is 1.65. The van der Waals surface area contributed by atoms with Crippen molar-refractivity contribution >= 4 is 11.9 Å². The molecule has 6 nitrogen and oxygen atoms in total. The second kappa shape index (κ2) is 6.18. The quantitative estimate of drug-likeness (QED) is 0.830. The van der Waals surface area contributed by atoms with Crippen LogP contribution in [0.4, 0.5) is 0 Å².